The van der Waals surface area contributed by atoms with E-state index in [0.29, 0.717) is 39.2 Å². The van der Waals surface area contributed by atoms with E-state index >= 15 is 0 Å². The van der Waals surface area contributed by atoms with Crippen LogP contribution >= 0.6 is 0 Å². The summed E-state index contributed by atoms with van der Waals surface area (Å²) < 4.78 is 38.7. The molecule has 0 saturated heterocycles. The summed E-state index contributed by atoms with van der Waals surface area (Å²) in [7, 11) is 0. The first-order valence-corrected chi connectivity index (χ1v) is 8.46. The Kier molecular flexibility index (Phi) is 5.79. The molecule has 1 aromatic rings. The second-order valence-corrected chi connectivity index (χ2v) is 6.70. The summed E-state index contributed by atoms with van der Waals surface area (Å²) in [5.74, 6) is -0.248. The number of carbonyl (C=O) groups is 1. The van der Waals surface area contributed by atoms with E-state index in [0.717, 1.165) is 12.1 Å². The Morgan fingerprint density at radius 2 is 1.68 bits per heavy atom. The Morgan fingerprint density at radius 3 is 2.12 bits per heavy atom. The SMILES string of the molecule is CCN(C(=O)c1ccc([C@](C)(O)C(F)(F)F)cc1)[C@H]1CC[C@@H](O)CC1. The van der Waals surface area contributed by atoms with Gasteiger partial charge in [-0.1, -0.05) is 12.1 Å². The molecular formula is C18H24F3NO3. The van der Waals surface area contributed by atoms with E-state index < -0.39 is 11.8 Å². The zero-order chi connectivity index (χ0) is 18.8. The second kappa shape index (κ2) is 7.33. The largest absolute Gasteiger partial charge is 0.421 e. The molecule has 0 aliphatic heterocycles. The predicted octanol–water partition coefficient (Wildman–Crippen LogP) is 3.22. The molecule has 0 heterocycles. The van der Waals surface area contributed by atoms with Gasteiger partial charge in [0.1, 0.15) is 0 Å². The average Bonchev–Trinajstić information content (AvgIpc) is 2.56. The second-order valence-electron chi connectivity index (χ2n) is 6.70. The van der Waals surface area contributed by atoms with E-state index in [-0.39, 0.29) is 29.2 Å². The van der Waals surface area contributed by atoms with Crippen molar-refractivity contribution in [2.24, 2.45) is 0 Å². The van der Waals surface area contributed by atoms with Gasteiger partial charge in [0.05, 0.1) is 6.10 Å². The lowest BCUT2D eigenvalue weighted by Gasteiger charge is -2.35. The average molecular weight is 359 g/mol. The molecule has 2 N–H and O–H groups in total. The highest BCUT2D eigenvalue weighted by atomic mass is 19.4. The van der Waals surface area contributed by atoms with Crippen molar-refractivity contribution < 1.29 is 28.2 Å². The first kappa shape index (κ1) is 19.7. The summed E-state index contributed by atoms with van der Waals surface area (Å²) >= 11 is 0. The summed E-state index contributed by atoms with van der Waals surface area (Å²) in [5, 5.41) is 19.3. The maximum Gasteiger partial charge on any atom is 0.421 e. The van der Waals surface area contributed by atoms with E-state index in [1.54, 1.807) is 4.90 Å². The maximum atomic E-state index is 12.9. The Bertz CT molecular complexity index is 591. The quantitative estimate of drug-likeness (QED) is 0.868. The van der Waals surface area contributed by atoms with E-state index in [2.05, 4.69) is 0 Å². The third-order valence-electron chi connectivity index (χ3n) is 4.95. The molecule has 0 aromatic heterocycles. The van der Waals surface area contributed by atoms with Gasteiger partial charge in [0.15, 0.2) is 5.60 Å². The van der Waals surface area contributed by atoms with E-state index in [1.165, 1.54) is 12.1 Å². The predicted molar refractivity (Wildman–Crippen MR) is 87.0 cm³/mol. The van der Waals surface area contributed by atoms with Gasteiger partial charge < -0.3 is 15.1 Å². The van der Waals surface area contributed by atoms with Crippen LogP contribution in [0.15, 0.2) is 24.3 Å². The molecule has 1 fully saturated rings. The van der Waals surface area contributed by atoms with Gasteiger partial charge in [0.25, 0.3) is 5.91 Å². The Labute approximate surface area is 145 Å². The van der Waals surface area contributed by atoms with Crippen LogP contribution in [0.5, 0.6) is 0 Å². The van der Waals surface area contributed by atoms with Gasteiger partial charge in [0, 0.05) is 18.2 Å². The number of nitrogens with zero attached hydrogens (tertiary/aromatic N) is 1. The van der Waals surface area contributed by atoms with Crippen LogP contribution in [-0.4, -0.2) is 45.9 Å². The fourth-order valence-corrected chi connectivity index (χ4v) is 3.20. The molecular weight excluding hydrogens is 335 g/mol. The summed E-state index contributed by atoms with van der Waals surface area (Å²) in [6.07, 6.45) is -2.42. The molecule has 140 valence electrons. The summed E-state index contributed by atoms with van der Waals surface area (Å²) in [5.41, 5.74) is -2.98. The van der Waals surface area contributed by atoms with Gasteiger partial charge in [-0.2, -0.15) is 13.2 Å². The lowest BCUT2D eigenvalue weighted by atomic mass is 9.91. The summed E-state index contributed by atoms with van der Waals surface area (Å²) in [6.45, 7) is 3.03. The number of alkyl halides is 3. The molecule has 2 rings (SSSR count). The number of hydrogen-bond donors (Lipinski definition) is 2. The molecule has 0 bridgehead atoms. The van der Waals surface area contributed by atoms with Crippen LogP contribution in [0.2, 0.25) is 0 Å². The lowest BCUT2D eigenvalue weighted by molar-refractivity contribution is -0.258. The minimum atomic E-state index is -4.79. The number of aliphatic hydroxyl groups excluding tert-OH is 1. The van der Waals surface area contributed by atoms with Crippen LogP contribution in [0.4, 0.5) is 13.2 Å². The van der Waals surface area contributed by atoms with Crippen molar-refractivity contribution in [3.63, 3.8) is 0 Å². The molecule has 0 unspecified atom stereocenters. The fraction of sp³-hybridized carbons (Fsp3) is 0.611. The molecule has 0 radical (unpaired) electrons. The number of rotatable bonds is 4. The standard InChI is InChI=1S/C18H24F3NO3/c1-3-22(14-8-10-15(23)11-9-14)16(24)12-4-6-13(7-5-12)17(2,25)18(19,20)21/h4-7,14-15,23,25H,3,8-11H2,1-2H3/t14-,15+,17-/m0/s1. The number of carbonyl (C=O) groups excluding carboxylic acids is 1. The highest BCUT2D eigenvalue weighted by molar-refractivity contribution is 5.94. The van der Waals surface area contributed by atoms with E-state index in [1.807, 2.05) is 6.92 Å². The molecule has 7 heteroatoms. The van der Waals surface area contributed by atoms with Crippen LogP contribution in [-0.2, 0) is 5.60 Å². The monoisotopic (exact) mass is 359 g/mol. The van der Waals surface area contributed by atoms with Gasteiger partial charge in [-0.25, -0.2) is 0 Å². The van der Waals surface area contributed by atoms with Crippen LogP contribution in [0.25, 0.3) is 0 Å². The lowest BCUT2D eigenvalue weighted by Crippen LogP contribution is -2.43. The van der Waals surface area contributed by atoms with Crippen molar-refractivity contribution in [3.8, 4) is 0 Å². The molecule has 25 heavy (non-hydrogen) atoms. The molecule has 0 spiro atoms. The van der Waals surface area contributed by atoms with Crippen LogP contribution in [0.1, 0.15) is 55.5 Å². The molecule has 1 atom stereocenters. The minimum absolute atomic E-state index is 0.0267. The fourth-order valence-electron chi connectivity index (χ4n) is 3.20. The number of aliphatic hydroxyl groups is 2. The number of benzene rings is 1. The summed E-state index contributed by atoms with van der Waals surface area (Å²) in [6, 6.07) is 4.94. The van der Waals surface area contributed by atoms with Gasteiger partial charge in [-0.05, 0) is 57.2 Å². The van der Waals surface area contributed by atoms with Crippen LogP contribution in [0, 0.1) is 0 Å². The third kappa shape index (κ3) is 4.15. The molecule has 1 aliphatic rings. The normalized spacial score (nSPS) is 23.8. The molecule has 4 nitrogen and oxygen atoms in total. The zero-order valence-corrected chi connectivity index (χ0v) is 14.4. The Hall–Kier alpha value is -1.60. The first-order valence-electron chi connectivity index (χ1n) is 8.46. The molecule has 1 aliphatic carbocycles. The molecule has 1 aromatic carbocycles. The van der Waals surface area contributed by atoms with Crippen molar-refractivity contribution in [2.75, 3.05) is 6.54 Å². The van der Waals surface area contributed by atoms with Gasteiger partial charge in [0.2, 0.25) is 0 Å². The van der Waals surface area contributed by atoms with Crippen molar-refractivity contribution in [1.29, 1.82) is 0 Å². The van der Waals surface area contributed by atoms with Gasteiger partial charge >= 0.3 is 6.18 Å². The van der Waals surface area contributed by atoms with Crippen molar-refractivity contribution in [3.05, 3.63) is 35.4 Å². The smallest absolute Gasteiger partial charge is 0.393 e. The van der Waals surface area contributed by atoms with E-state index in [9.17, 15) is 28.2 Å². The van der Waals surface area contributed by atoms with E-state index in [4.69, 9.17) is 0 Å². The zero-order valence-electron chi connectivity index (χ0n) is 14.4. The van der Waals surface area contributed by atoms with Crippen LogP contribution in [0.3, 0.4) is 0 Å². The maximum absolute atomic E-state index is 12.9. The van der Waals surface area contributed by atoms with Crippen molar-refractivity contribution in [2.45, 2.75) is 63.5 Å². The minimum Gasteiger partial charge on any atom is -0.393 e. The first-order chi connectivity index (χ1) is 11.6. The topological polar surface area (TPSA) is 60.8 Å². The number of amides is 1. The van der Waals surface area contributed by atoms with Crippen LogP contribution < -0.4 is 0 Å². The third-order valence-corrected chi connectivity index (χ3v) is 4.95. The van der Waals surface area contributed by atoms with Crippen molar-refractivity contribution >= 4 is 5.91 Å². The highest BCUT2D eigenvalue weighted by Gasteiger charge is 2.51. The molecule has 1 amide bonds. The van der Waals surface area contributed by atoms with Crippen molar-refractivity contribution in [1.82, 2.24) is 4.90 Å². The molecule has 1 saturated carbocycles. The number of hydrogen-bond acceptors (Lipinski definition) is 3. The number of halogens is 3. The Morgan fingerprint density at radius 1 is 1.16 bits per heavy atom. The van der Waals surface area contributed by atoms with Gasteiger partial charge in [-0.3, -0.25) is 4.79 Å². The van der Waals surface area contributed by atoms with Gasteiger partial charge in [-0.15, -0.1) is 0 Å². The Balaban J connectivity index is 2.16. The highest BCUT2D eigenvalue weighted by Crippen LogP contribution is 2.38. The summed E-state index contributed by atoms with van der Waals surface area (Å²) in [4.78, 5) is 14.4.